The normalized spacial score (nSPS) is 27.7. The predicted octanol–water partition coefficient (Wildman–Crippen LogP) is 1.40. The van der Waals surface area contributed by atoms with Crippen LogP contribution in [0.5, 0.6) is 0 Å². The Morgan fingerprint density at radius 2 is 1.96 bits per heavy atom. The molecule has 1 unspecified atom stereocenters. The van der Waals surface area contributed by atoms with E-state index >= 15 is 0 Å². The molecule has 6 nitrogen and oxygen atoms in total. The van der Waals surface area contributed by atoms with E-state index in [4.69, 9.17) is 0 Å². The Morgan fingerprint density at radius 3 is 2.70 bits per heavy atom. The first-order valence-corrected chi connectivity index (χ1v) is 8.22. The predicted molar refractivity (Wildman–Crippen MR) is 84.7 cm³/mol. The SMILES string of the molecule is O=C(NC1CCC(O)CC1)NC1CCN(c2ncccc2F)C1. The summed E-state index contributed by atoms with van der Waals surface area (Å²) in [5.74, 6) is 0.0110. The van der Waals surface area contributed by atoms with E-state index in [-0.39, 0.29) is 30.0 Å². The number of anilines is 1. The number of urea groups is 1. The van der Waals surface area contributed by atoms with Crippen LogP contribution in [-0.4, -0.2) is 47.4 Å². The van der Waals surface area contributed by atoms with Gasteiger partial charge in [0.15, 0.2) is 11.6 Å². The van der Waals surface area contributed by atoms with Crippen molar-refractivity contribution in [3.05, 3.63) is 24.1 Å². The van der Waals surface area contributed by atoms with Crippen molar-refractivity contribution in [1.82, 2.24) is 15.6 Å². The molecule has 0 radical (unpaired) electrons. The number of nitrogens with one attached hydrogen (secondary N) is 2. The zero-order valence-electron chi connectivity index (χ0n) is 13.0. The van der Waals surface area contributed by atoms with Crippen LogP contribution in [0, 0.1) is 5.82 Å². The highest BCUT2D eigenvalue weighted by atomic mass is 19.1. The fourth-order valence-electron chi connectivity index (χ4n) is 3.31. The van der Waals surface area contributed by atoms with Gasteiger partial charge in [0.25, 0.3) is 0 Å². The zero-order chi connectivity index (χ0) is 16.2. The Morgan fingerprint density at radius 1 is 1.22 bits per heavy atom. The van der Waals surface area contributed by atoms with Gasteiger partial charge in [-0.1, -0.05) is 0 Å². The molecule has 3 N–H and O–H groups in total. The Bertz CT molecular complexity index is 549. The van der Waals surface area contributed by atoms with Gasteiger partial charge in [-0.3, -0.25) is 0 Å². The van der Waals surface area contributed by atoms with Crippen LogP contribution in [0.2, 0.25) is 0 Å². The standard InChI is InChI=1S/C16H23FN4O2/c17-14-2-1-8-18-15(14)21-9-7-12(10-21)20-16(23)19-11-3-5-13(22)6-4-11/h1-2,8,11-13,22H,3-7,9-10H2,(H2,19,20,23). The van der Waals surface area contributed by atoms with Crippen LogP contribution in [0.1, 0.15) is 32.1 Å². The number of pyridine rings is 1. The minimum atomic E-state index is -0.335. The second-order valence-electron chi connectivity index (χ2n) is 6.36. The van der Waals surface area contributed by atoms with Gasteiger partial charge in [-0.25, -0.2) is 14.2 Å². The molecule has 2 heterocycles. The number of hydrogen-bond acceptors (Lipinski definition) is 4. The molecule has 1 aromatic heterocycles. The molecular formula is C16H23FN4O2. The Balaban J connectivity index is 1.46. The highest BCUT2D eigenvalue weighted by Gasteiger charge is 2.27. The minimum Gasteiger partial charge on any atom is -0.393 e. The molecule has 0 aromatic carbocycles. The average molecular weight is 322 g/mol. The molecule has 23 heavy (non-hydrogen) atoms. The van der Waals surface area contributed by atoms with E-state index in [0.29, 0.717) is 18.9 Å². The molecular weight excluding hydrogens is 299 g/mol. The highest BCUT2D eigenvalue weighted by Crippen LogP contribution is 2.21. The average Bonchev–Trinajstić information content (AvgIpc) is 2.98. The van der Waals surface area contributed by atoms with Crippen molar-refractivity contribution in [3.8, 4) is 0 Å². The van der Waals surface area contributed by atoms with E-state index in [9.17, 15) is 14.3 Å². The van der Waals surface area contributed by atoms with E-state index in [0.717, 1.165) is 32.1 Å². The number of hydrogen-bond donors (Lipinski definition) is 3. The summed E-state index contributed by atoms with van der Waals surface area (Å²) in [5, 5.41) is 15.4. The van der Waals surface area contributed by atoms with Gasteiger partial charge in [-0.15, -0.1) is 0 Å². The lowest BCUT2D eigenvalue weighted by Gasteiger charge is -2.27. The van der Waals surface area contributed by atoms with Gasteiger partial charge < -0.3 is 20.6 Å². The van der Waals surface area contributed by atoms with Crippen LogP contribution in [0.4, 0.5) is 15.0 Å². The maximum atomic E-state index is 13.7. The van der Waals surface area contributed by atoms with E-state index in [1.807, 2.05) is 4.90 Å². The zero-order valence-corrected chi connectivity index (χ0v) is 13.0. The van der Waals surface area contributed by atoms with E-state index in [1.54, 1.807) is 12.3 Å². The molecule has 1 saturated heterocycles. The number of nitrogens with zero attached hydrogens (tertiary/aromatic N) is 2. The van der Waals surface area contributed by atoms with Crippen LogP contribution in [0.15, 0.2) is 18.3 Å². The first-order chi connectivity index (χ1) is 11.1. The third kappa shape index (κ3) is 4.10. The van der Waals surface area contributed by atoms with Crippen LogP contribution in [-0.2, 0) is 0 Å². The summed E-state index contributed by atoms with van der Waals surface area (Å²) in [6.07, 6.45) is 5.21. The number of rotatable bonds is 3. The van der Waals surface area contributed by atoms with Gasteiger partial charge in [0.05, 0.1) is 6.10 Å². The highest BCUT2D eigenvalue weighted by molar-refractivity contribution is 5.74. The summed E-state index contributed by atoms with van der Waals surface area (Å²) in [5.41, 5.74) is 0. The smallest absolute Gasteiger partial charge is 0.315 e. The summed E-state index contributed by atoms with van der Waals surface area (Å²) >= 11 is 0. The topological polar surface area (TPSA) is 77.5 Å². The number of aliphatic hydroxyl groups is 1. The van der Waals surface area contributed by atoms with Crippen molar-refractivity contribution in [1.29, 1.82) is 0 Å². The van der Waals surface area contributed by atoms with Gasteiger partial charge in [0.1, 0.15) is 0 Å². The largest absolute Gasteiger partial charge is 0.393 e. The third-order valence-corrected chi connectivity index (χ3v) is 4.59. The molecule has 0 bridgehead atoms. The summed E-state index contributed by atoms with van der Waals surface area (Å²) in [7, 11) is 0. The second-order valence-corrected chi connectivity index (χ2v) is 6.36. The van der Waals surface area contributed by atoms with Gasteiger partial charge in [-0.05, 0) is 44.2 Å². The first kappa shape index (κ1) is 16.0. The van der Waals surface area contributed by atoms with Crippen LogP contribution >= 0.6 is 0 Å². The molecule has 2 aliphatic rings. The van der Waals surface area contributed by atoms with Crippen molar-refractivity contribution in [2.24, 2.45) is 0 Å². The molecule has 1 aliphatic heterocycles. The summed E-state index contributed by atoms with van der Waals surface area (Å²) in [4.78, 5) is 18.0. The second kappa shape index (κ2) is 7.12. The van der Waals surface area contributed by atoms with Gasteiger partial charge in [-0.2, -0.15) is 0 Å². The van der Waals surface area contributed by atoms with Crippen molar-refractivity contribution in [2.45, 2.75) is 50.3 Å². The fraction of sp³-hybridized carbons (Fsp3) is 0.625. The van der Waals surface area contributed by atoms with Crippen LogP contribution in [0.3, 0.4) is 0 Å². The lowest BCUT2D eigenvalue weighted by Crippen LogP contribution is -2.48. The van der Waals surface area contributed by atoms with E-state index < -0.39 is 0 Å². The fourth-order valence-corrected chi connectivity index (χ4v) is 3.31. The van der Waals surface area contributed by atoms with E-state index in [2.05, 4.69) is 15.6 Å². The molecule has 126 valence electrons. The minimum absolute atomic E-state index is 0.00872. The summed E-state index contributed by atoms with van der Waals surface area (Å²) in [6.45, 7) is 1.24. The number of aromatic nitrogens is 1. The molecule has 7 heteroatoms. The van der Waals surface area contributed by atoms with Gasteiger partial charge >= 0.3 is 6.03 Å². The molecule has 1 saturated carbocycles. The number of aliphatic hydroxyl groups excluding tert-OH is 1. The monoisotopic (exact) mass is 322 g/mol. The molecule has 2 amide bonds. The third-order valence-electron chi connectivity index (χ3n) is 4.59. The summed E-state index contributed by atoms with van der Waals surface area (Å²) in [6, 6.07) is 2.90. The first-order valence-electron chi connectivity index (χ1n) is 8.22. The van der Waals surface area contributed by atoms with Crippen molar-refractivity contribution >= 4 is 11.8 Å². The number of halogens is 1. The lowest BCUT2D eigenvalue weighted by atomic mass is 9.93. The van der Waals surface area contributed by atoms with E-state index in [1.165, 1.54) is 6.07 Å². The van der Waals surface area contributed by atoms with Crippen LogP contribution < -0.4 is 15.5 Å². The van der Waals surface area contributed by atoms with Crippen molar-refractivity contribution in [3.63, 3.8) is 0 Å². The van der Waals surface area contributed by atoms with Crippen molar-refractivity contribution in [2.75, 3.05) is 18.0 Å². The number of carbonyl (C=O) groups is 1. The summed E-state index contributed by atoms with van der Waals surface area (Å²) < 4.78 is 13.7. The molecule has 0 spiro atoms. The maximum absolute atomic E-state index is 13.7. The molecule has 1 aromatic rings. The maximum Gasteiger partial charge on any atom is 0.315 e. The van der Waals surface area contributed by atoms with Crippen molar-refractivity contribution < 1.29 is 14.3 Å². The van der Waals surface area contributed by atoms with Crippen LogP contribution in [0.25, 0.3) is 0 Å². The van der Waals surface area contributed by atoms with Gasteiger partial charge in [0.2, 0.25) is 0 Å². The Kier molecular flexibility index (Phi) is 4.95. The lowest BCUT2D eigenvalue weighted by molar-refractivity contribution is 0.117. The Labute approximate surface area is 135 Å². The Hall–Kier alpha value is -1.89. The molecule has 2 fully saturated rings. The quantitative estimate of drug-likeness (QED) is 0.786. The number of carbonyl (C=O) groups excluding carboxylic acids is 1. The molecule has 1 atom stereocenters. The molecule has 1 aliphatic carbocycles. The molecule has 3 rings (SSSR count). The number of amides is 2. The van der Waals surface area contributed by atoms with Gasteiger partial charge in [0, 0.05) is 31.4 Å².